The van der Waals surface area contributed by atoms with E-state index in [2.05, 4.69) is 20.6 Å². The van der Waals surface area contributed by atoms with Crippen molar-refractivity contribution in [3.63, 3.8) is 0 Å². The molecule has 1 heterocycles. The van der Waals surface area contributed by atoms with Gasteiger partial charge in [-0.2, -0.15) is 9.72 Å². The van der Waals surface area contributed by atoms with Gasteiger partial charge in [-0.25, -0.2) is 14.6 Å². The predicted octanol–water partition coefficient (Wildman–Crippen LogP) is 1.23. The molecule has 10 nitrogen and oxygen atoms in total. The molecule has 1 atom stereocenters. The van der Waals surface area contributed by atoms with Crippen molar-refractivity contribution in [2.45, 2.75) is 52.6 Å². The molecular formula is C17H25N5O5. The zero-order valence-electron chi connectivity index (χ0n) is 15.9. The van der Waals surface area contributed by atoms with Crippen molar-refractivity contribution in [1.29, 1.82) is 0 Å². The minimum atomic E-state index is -0.816. The average molecular weight is 379 g/mol. The average Bonchev–Trinajstić information content (AvgIpc) is 2.93. The lowest BCUT2D eigenvalue weighted by atomic mass is 9.90. The number of nitrogens with zero attached hydrogens (tertiary/aromatic N) is 3. The number of nitrogens with one attached hydrogen (secondary N) is 2. The molecule has 0 fully saturated rings. The second-order valence-corrected chi connectivity index (χ2v) is 7.27. The first kappa shape index (κ1) is 20.4. The summed E-state index contributed by atoms with van der Waals surface area (Å²) in [5.41, 5.74) is 0.985. The molecule has 10 heteroatoms. The van der Waals surface area contributed by atoms with Crippen molar-refractivity contribution in [2.24, 2.45) is 10.9 Å². The molecule has 0 aromatic carbocycles. The molecule has 1 aromatic heterocycles. The third-order valence-electron chi connectivity index (χ3n) is 3.76. The van der Waals surface area contributed by atoms with Gasteiger partial charge in [0.15, 0.2) is 0 Å². The van der Waals surface area contributed by atoms with Crippen molar-refractivity contribution in [2.75, 3.05) is 6.54 Å². The van der Waals surface area contributed by atoms with Crippen molar-refractivity contribution in [1.82, 2.24) is 20.3 Å². The molecule has 1 aliphatic rings. The van der Waals surface area contributed by atoms with Crippen LogP contribution < -0.4 is 15.5 Å². The number of hydrogen-bond donors (Lipinski definition) is 2. The predicted molar refractivity (Wildman–Crippen MR) is 96.3 cm³/mol. The lowest BCUT2D eigenvalue weighted by Gasteiger charge is -2.22. The molecule has 0 spiro atoms. The van der Waals surface area contributed by atoms with Crippen LogP contribution in [0.4, 0.5) is 9.59 Å². The van der Waals surface area contributed by atoms with Gasteiger partial charge in [-0.05, 0) is 46.0 Å². The molecule has 1 unspecified atom stereocenters. The maximum Gasteiger partial charge on any atom is 0.437 e. The molecule has 1 aromatic rings. The minimum absolute atomic E-state index is 0.0748. The largest absolute Gasteiger partial charge is 0.442 e. The molecular weight excluding hydrogens is 354 g/mol. The lowest BCUT2D eigenvalue weighted by molar-refractivity contribution is -0.119. The fourth-order valence-electron chi connectivity index (χ4n) is 2.61. The number of aliphatic imine (C=N–C) groups is 1. The van der Waals surface area contributed by atoms with Crippen LogP contribution in [0.3, 0.4) is 0 Å². The first-order valence-corrected chi connectivity index (χ1v) is 8.68. The fraction of sp³-hybridized carbons (Fsp3) is 0.588. The number of carbonyl (C=O) groups excluding carboxylic acids is 3. The van der Waals surface area contributed by atoms with E-state index in [0.717, 1.165) is 30.6 Å². The Morgan fingerprint density at radius 2 is 2.15 bits per heavy atom. The van der Waals surface area contributed by atoms with E-state index in [9.17, 15) is 14.4 Å². The summed E-state index contributed by atoms with van der Waals surface area (Å²) in [5.74, 6) is 0.173. The van der Waals surface area contributed by atoms with Gasteiger partial charge >= 0.3 is 12.2 Å². The Labute approximate surface area is 157 Å². The highest BCUT2D eigenvalue weighted by molar-refractivity contribution is 5.87. The van der Waals surface area contributed by atoms with Crippen LogP contribution in [0.5, 0.6) is 0 Å². The lowest BCUT2D eigenvalue weighted by Crippen LogP contribution is -2.34. The number of carbonyl (C=O) groups is 3. The van der Waals surface area contributed by atoms with E-state index in [1.165, 1.54) is 18.0 Å². The number of amides is 3. The Bertz CT molecular complexity index is 735. The van der Waals surface area contributed by atoms with Crippen LogP contribution in [0.1, 0.15) is 45.5 Å². The Hall–Kier alpha value is -2.91. The van der Waals surface area contributed by atoms with Crippen LogP contribution in [-0.4, -0.2) is 46.3 Å². The van der Waals surface area contributed by atoms with Gasteiger partial charge in [-0.15, -0.1) is 0 Å². The Kier molecular flexibility index (Phi) is 6.54. The van der Waals surface area contributed by atoms with Crippen molar-refractivity contribution < 1.29 is 24.0 Å². The van der Waals surface area contributed by atoms with Gasteiger partial charge in [-0.1, -0.05) is 0 Å². The highest BCUT2D eigenvalue weighted by Crippen LogP contribution is 2.23. The first-order valence-electron chi connectivity index (χ1n) is 8.68. The van der Waals surface area contributed by atoms with Gasteiger partial charge in [-0.3, -0.25) is 10.1 Å². The summed E-state index contributed by atoms with van der Waals surface area (Å²) in [4.78, 5) is 47.3. The van der Waals surface area contributed by atoms with Crippen molar-refractivity contribution in [3.8, 4) is 0 Å². The van der Waals surface area contributed by atoms with E-state index in [-0.39, 0.29) is 11.8 Å². The molecule has 0 aliphatic heterocycles. The van der Waals surface area contributed by atoms with Crippen molar-refractivity contribution >= 4 is 24.4 Å². The van der Waals surface area contributed by atoms with Gasteiger partial charge in [0.1, 0.15) is 18.3 Å². The third kappa shape index (κ3) is 6.72. The van der Waals surface area contributed by atoms with E-state index >= 15 is 0 Å². The maximum atomic E-state index is 11.9. The van der Waals surface area contributed by atoms with E-state index in [4.69, 9.17) is 9.57 Å². The zero-order chi connectivity index (χ0) is 20.0. The second kappa shape index (κ2) is 8.65. The second-order valence-electron chi connectivity index (χ2n) is 7.27. The van der Waals surface area contributed by atoms with E-state index in [1.807, 2.05) is 0 Å². The van der Waals surface area contributed by atoms with Crippen LogP contribution in [0.2, 0.25) is 0 Å². The Balaban J connectivity index is 1.88. The zero-order valence-corrected chi connectivity index (χ0v) is 15.9. The van der Waals surface area contributed by atoms with Gasteiger partial charge in [0.25, 0.3) is 0 Å². The standard InChI is InChI=1S/C17H25N5O5/c1-11(23)18-8-12-5-6-13-14(7-12)22(10-21-13)27-16(25)20-9-19-15(24)26-17(2,3)4/h9-10,12H,5-8H2,1-4H3,(H,18,23)(H,19,20,24,25). The quantitative estimate of drug-likeness (QED) is 0.599. The van der Waals surface area contributed by atoms with Gasteiger partial charge < -0.3 is 14.9 Å². The molecule has 27 heavy (non-hydrogen) atoms. The summed E-state index contributed by atoms with van der Waals surface area (Å²) in [7, 11) is 0. The van der Waals surface area contributed by atoms with Crippen LogP contribution in [0, 0.1) is 5.92 Å². The number of ether oxygens (including phenoxy) is 1. The SMILES string of the molecule is CC(=O)NCC1CCc2ncn(OC(=O)N/C=N/C(=O)OC(C)(C)C)c2C1. The number of hydrogen-bond acceptors (Lipinski definition) is 6. The van der Waals surface area contributed by atoms with E-state index < -0.39 is 17.8 Å². The van der Waals surface area contributed by atoms with E-state index in [0.29, 0.717) is 13.0 Å². The summed E-state index contributed by atoms with van der Waals surface area (Å²) in [6, 6.07) is 0. The van der Waals surface area contributed by atoms with E-state index in [1.54, 1.807) is 20.8 Å². The molecule has 2 rings (SSSR count). The van der Waals surface area contributed by atoms with Crippen molar-refractivity contribution in [3.05, 3.63) is 17.7 Å². The summed E-state index contributed by atoms with van der Waals surface area (Å²) in [6.45, 7) is 7.18. The van der Waals surface area contributed by atoms with Gasteiger partial charge in [0.05, 0.1) is 11.4 Å². The summed E-state index contributed by atoms with van der Waals surface area (Å²) < 4.78 is 6.27. The third-order valence-corrected chi connectivity index (χ3v) is 3.76. The monoisotopic (exact) mass is 379 g/mol. The molecule has 148 valence electrons. The van der Waals surface area contributed by atoms with Gasteiger partial charge in [0, 0.05) is 13.5 Å². The molecule has 0 saturated carbocycles. The fourth-order valence-corrected chi connectivity index (χ4v) is 2.61. The number of aryl methyl sites for hydroxylation is 1. The molecule has 3 amide bonds. The minimum Gasteiger partial charge on any atom is -0.442 e. The van der Waals surface area contributed by atoms with Crippen LogP contribution in [0.15, 0.2) is 11.3 Å². The number of imidazole rings is 1. The van der Waals surface area contributed by atoms with Crippen LogP contribution >= 0.6 is 0 Å². The molecule has 0 radical (unpaired) electrons. The topological polar surface area (TPSA) is 124 Å². The summed E-state index contributed by atoms with van der Waals surface area (Å²) in [5, 5.41) is 5.04. The molecule has 0 bridgehead atoms. The summed E-state index contributed by atoms with van der Waals surface area (Å²) in [6.07, 6.45) is 3.00. The Morgan fingerprint density at radius 1 is 1.41 bits per heavy atom. The molecule has 2 N–H and O–H groups in total. The Morgan fingerprint density at radius 3 is 2.81 bits per heavy atom. The number of rotatable bonds is 4. The van der Waals surface area contributed by atoms with Gasteiger partial charge in [0.2, 0.25) is 5.91 Å². The van der Waals surface area contributed by atoms with Crippen LogP contribution in [-0.2, 0) is 22.4 Å². The maximum absolute atomic E-state index is 11.9. The molecule has 0 saturated heterocycles. The highest BCUT2D eigenvalue weighted by Gasteiger charge is 2.24. The molecule has 1 aliphatic carbocycles. The number of fused-ring (bicyclic) bond motifs is 1. The normalized spacial score (nSPS) is 16.5. The first-order chi connectivity index (χ1) is 12.6. The smallest absolute Gasteiger partial charge is 0.437 e. The number of aromatic nitrogens is 2. The summed E-state index contributed by atoms with van der Waals surface area (Å²) >= 11 is 0. The highest BCUT2D eigenvalue weighted by atomic mass is 16.7. The van der Waals surface area contributed by atoms with Crippen LogP contribution in [0.25, 0.3) is 0 Å².